The van der Waals surface area contributed by atoms with Crippen molar-refractivity contribution in [2.45, 2.75) is 40.0 Å². The van der Waals surface area contributed by atoms with Crippen molar-refractivity contribution >= 4 is 29.3 Å². The Kier molecular flexibility index (Phi) is 7.74. The van der Waals surface area contributed by atoms with E-state index in [-0.39, 0.29) is 12.0 Å². The zero-order chi connectivity index (χ0) is 16.5. The summed E-state index contributed by atoms with van der Waals surface area (Å²) in [6, 6.07) is 5.36. The second kappa shape index (κ2) is 9.30. The van der Waals surface area contributed by atoms with Crippen LogP contribution in [0.4, 0.5) is 10.5 Å². The smallest absolute Gasteiger partial charge is 0.328 e. The number of benzene rings is 1. The van der Waals surface area contributed by atoms with Crippen molar-refractivity contribution in [2.75, 3.05) is 18.0 Å². The normalized spacial score (nSPS) is 11.4. The first-order valence-electron chi connectivity index (χ1n) is 7.70. The summed E-state index contributed by atoms with van der Waals surface area (Å²) in [5.41, 5.74) is 7.51. The number of nitrogens with two attached hydrogens (primary N) is 1. The third-order valence-corrected chi connectivity index (χ3v) is 3.46. The van der Waals surface area contributed by atoms with Gasteiger partial charge in [-0.3, -0.25) is 15.2 Å². The molecule has 1 rings (SSSR count). The Balaban J connectivity index is 3.06. The number of nitrogens with one attached hydrogen (secondary N) is 1. The Morgan fingerprint density at radius 1 is 1.32 bits per heavy atom. The van der Waals surface area contributed by atoms with Crippen LogP contribution in [0.25, 0.3) is 0 Å². The second-order valence-electron chi connectivity index (χ2n) is 4.95. The number of halogens is 1. The predicted octanol–water partition coefficient (Wildman–Crippen LogP) is 3.55. The summed E-state index contributed by atoms with van der Waals surface area (Å²) in [7, 11) is 0. The molecule has 6 heteroatoms. The van der Waals surface area contributed by atoms with Crippen LogP contribution in [0.1, 0.15) is 39.2 Å². The number of aliphatic imine (C=N–C) groups is 1. The zero-order valence-corrected chi connectivity index (χ0v) is 14.3. The molecule has 3 N–H and O–H groups in total. The number of guanidine groups is 1. The van der Waals surface area contributed by atoms with Crippen LogP contribution in [-0.2, 0) is 6.42 Å². The van der Waals surface area contributed by atoms with Crippen LogP contribution in [0.15, 0.2) is 23.2 Å². The van der Waals surface area contributed by atoms with E-state index < -0.39 is 0 Å². The van der Waals surface area contributed by atoms with Gasteiger partial charge in [0, 0.05) is 13.1 Å². The molecule has 122 valence electrons. The lowest BCUT2D eigenvalue weighted by atomic mass is 10.1. The van der Waals surface area contributed by atoms with Gasteiger partial charge in [0.1, 0.15) is 0 Å². The highest BCUT2D eigenvalue weighted by molar-refractivity contribution is 6.34. The van der Waals surface area contributed by atoms with Gasteiger partial charge in [0.05, 0.1) is 10.7 Å². The molecule has 1 aromatic rings. The van der Waals surface area contributed by atoms with Crippen LogP contribution >= 0.6 is 11.6 Å². The van der Waals surface area contributed by atoms with Crippen molar-refractivity contribution in [1.29, 1.82) is 0 Å². The summed E-state index contributed by atoms with van der Waals surface area (Å²) in [6.07, 6.45) is 2.48. The Hall–Kier alpha value is -1.75. The van der Waals surface area contributed by atoms with Crippen LogP contribution in [0, 0.1) is 0 Å². The molecule has 5 nitrogen and oxygen atoms in total. The highest BCUT2D eigenvalue weighted by atomic mass is 35.5. The summed E-state index contributed by atoms with van der Waals surface area (Å²) < 4.78 is 0. The first kappa shape index (κ1) is 18.3. The summed E-state index contributed by atoms with van der Waals surface area (Å²) in [6.45, 7) is 7.20. The summed E-state index contributed by atoms with van der Waals surface area (Å²) in [5.74, 6) is 0.137. The Morgan fingerprint density at radius 2 is 2.05 bits per heavy atom. The molecular weight excluding hydrogens is 300 g/mol. The van der Waals surface area contributed by atoms with E-state index in [1.807, 2.05) is 32.9 Å². The van der Waals surface area contributed by atoms with Crippen molar-refractivity contribution in [3.05, 3.63) is 28.8 Å². The van der Waals surface area contributed by atoms with E-state index in [1.54, 1.807) is 11.0 Å². The van der Waals surface area contributed by atoms with E-state index in [0.717, 1.165) is 30.5 Å². The fraction of sp³-hybridized carbons (Fsp3) is 0.500. The molecule has 0 saturated carbocycles. The lowest BCUT2D eigenvalue weighted by molar-refractivity contribution is 0.250. The number of aryl methyl sites for hydroxylation is 1. The molecule has 22 heavy (non-hydrogen) atoms. The van der Waals surface area contributed by atoms with E-state index in [1.165, 1.54) is 0 Å². The number of para-hydroxylation sites is 1. The summed E-state index contributed by atoms with van der Waals surface area (Å²) >= 11 is 6.32. The quantitative estimate of drug-likeness (QED) is 0.620. The molecule has 0 aromatic heterocycles. The van der Waals surface area contributed by atoms with Gasteiger partial charge in [-0.2, -0.15) is 0 Å². The monoisotopic (exact) mass is 324 g/mol. The molecular formula is C16H25ClN4O. The zero-order valence-electron chi connectivity index (χ0n) is 13.5. The number of amides is 2. The fourth-order valence-corrected chi connectivity index (χ4v) is 2.43. The standard InChI is InChI=1S/C16H25ClN4O/c1-4-10-19-15(18)20-16(22)21(11-5-2)14-12(6-3)8-7-9-13(14)17/h7-9H,4-6,10-11H2,1-3H3,(H3,18,19,20,22). The van der Waals surface area contributed by atoms with Gasteiger partial charge in [-0.1, -0.05) is 44.5 Å². The molecule has 0 bridgehead atoms. The molecule has 0 aliphatic rings. The molecule has 0 saturated heterocycles. The lowest BCUT2D eigenvalue weighted by Gasteiger charge is -2.25. The molecule has 0 atom stereocenters. The Labute approximate surface area is 137 Å². The first-order valence-corrected chi connectivity index (χ1v) is 8.08. The highest BCUT2D eigenvalue weighted by Gasteiger charge is 2.20. The number of carbonyl (C=O) groups excluding carboxylic acids is 1. The number of hydrogen-bond donors (Lipinski definition) is 2. The van der Waals surface area contributed by atoms with Gasteiger partial charge in [-0.25, -0.2) is 4.79 Å². The number of carbonyl (C=O) groups is 1. The van der Waals surface area contributed by atoms with Crippen LogP contribution in [0.3, 0.4) is 0 Å². The van der Waals surface area contributed by atoms with Crippen molar-refractivity contribution in [3.63, 3.8) is 0 Å². The maximum Gasteiger partial charge on any atom is 0.328 e. The van der Waals surface area contributed by atoms with E-state index in [4.69, 9.17) is 17.3 Å². The third kappa shape index (κ3) is 4.91. The van der Waals surface area contributed by atoms with E-state index in [0.29, 0.717) is 18.1 Å². The molecule has 0 heterocycles. The lowest BCUT2D eigenvalue weighted by Crippen LogP contribution is -2.46. The van der Waals surface area contributed by atoms with Crippen molar-refractivity contribution in [1.82, 2.24) is 5.32 Å². The SMILES string of the molecule is CCCN=C(N)NC(=O)N(CCC)c1c(Cl)cccc1CC. The van der Waals surface area contributed by atoms with Gasteiger partial charge < -0.3 is 5.73 Å². The molecule has 1 aromatic carbocycles. The largest absolute Gasteiger partial charge is 0.370 e. The maximum atomic E-state index is 12.5. The summed E-state index contributed by atoms with van der Waals surface area (Å²) in [4.78, 5) is 18.2. The van der Waals surface area contributed by atoms with Crippen LogP contribution in [-0.4, -0.2) is 25.1 Å². The molecule has 0 radical (unpaired) electrons. The molecule has 2 amide bonds. The van der Waals surface area contributed by atoms with Gasteiger partial charge in [-0.15, -0.1) is 0 Å². The number of anilines is 1. The fourth-order valence-electron chi connectivity index (χ4n) is 2.13. The van der Waals surface area contributed by atoms with Gasteiger partial charge in [0.25, 0.3) is 0 Å². The van der Waals surface area contributed by atoms with Gasteiger partial charge >= 0.3 is 6.03 Å². The number of hydrogen-bond acceptors (Lipinski definition) is 2. The topological polar surface area (TPSA) is 70.7 Å². The van der Waals surface area contributed by atoms with E-state index in [9.17, 15) is 4.79 Å². The molecule has 0 fully saturated rings. The highest BCUT2D eigenvalue weighted by Crippen LogP contribution is 2.30. The molecule has 0 unspecified atom stereocenters. The minimum Gasteiger partial charge on any atom is -0.370 e. The number of rotatable bonds is 6. The van der Waals surface area contributed by atoms with Gasteiger partial charge in [0.15, 0.2) is 5.96 Å². The van der Waals surface area contributed by atoms with Crippen molar-refractivity contribution in [2.24, 2.45) is 10.7 Å². The molecule has 0 aliphatic carbocycles. The average Bonchev–Trinajstić information content (AvgIpc) is 2.50. The maximum absolute atomic E-state index is 12.5. The van der Waals surface area contributed by atoms with Gasteiger partial charge in [0.2, 0.25) is 0 Å². The molecule has 0 aliphatic heterocycles. The number of nitrogens with zero attached hydrogens (tertiary/aromatic N) is 2. The number of urea groups is 1. The molecule has 0 spiro atoms. The van der Waals surface area contributed by atoms with Gasteiger partial charge in [-0.05, 0) is 30.9 Å². The Morgan fingerprint density at radius 3 is 2.64 bits per heavy atom. The minimum absolute atomic E-state index is 0.137. The van der Waals surface area contributed by atoms with Crippen molar-refractivity contribution < 1.29 is 4.79 Å². The Bertz CT molecular complexity index is 531. The van der Waals surface area contributed by atoms with E-state index in [2.05, 4.69) is 10.3 Å². The van der Waals surface area contributed by atoms with Crippen LogP contribution in [0.2, 0.25) is 5.02 Å². The third-order valence-electron chi connectivity index (χ3n) is 3.15. The summed E-state index contributed by atoms with van der Waals surface area (Å²) in [5, 5.41) is 3.19. The minimum atomic E-state index is -0.304. The average molecular weight is 325 g/mol. The van der Waals surface area contributed by atoms with E-state index >= 15 is 0 Å². The second-order valence-corrected chi connectivity index (χ2v) is 5.36. The predicted molar refractivity (Wildman–Crippen MR) is 93.8 cm³/mol. The van der Waals surface area contributed by atoms with Crippen LogP contribution < -0.4 is 16.0 Å². The van der Waals surface area contributed by atoms with Crippen LogP contribution in [0.5, 0.6) is 0 Å². The first-order chi connectivity index (χ1) is 10.5. The van der Waals surface area contributed by atoms with Crippen molar-refractivity contribution in [3.8, 4) is 0 Å².